The van der Waals surface area contributed by atoms with E-state index in [1.54, 1.807) is 17.0 Å². The van der Waals surface area contributed by atoms with Crippen molar-refractivity contribution in [1.29, 1.82) is 5.41 Å². The van der Waals surface area contributed by atoms with E-state index in [-0.39, 0.29) is 43.9 Å². The van der Waals surface area contributed by atoms with Gasteiger partial charge in [-0.2, -0.15) is 0 Å². The van der Waals surface area contributed by atoms with Crippen LogP contribution in [0, 0.1) is 11.3 Å². The lowest BCUT2D eigenvalue weighted by Gasteiger charge is -2.25. The molecule has 188 valence electrons. The summed E-state index contributed by atoms with van der Waals surface area (Å²) in [7, 11) is -2.11. The summed E-state index contributed by atoms with van der Waals surface area (Å²) in [4.78, 5) is 26.2. The number of benzene rings is 2. The summed E-state index contributed by atoms with van der Waals surface area (Å²) in [5.41, 5.74) is 8.09. The number of hydrogen-bond donors (Lipinski definition) is 3. The average molecular weight is 503 g/mol. The van der Waals surface area contributed by atoms with Gasteiger partial charge in [0.1, 0.15) is 18.2 Å². The van der Waals surface area contributed by atoms with Crippen molar-refractivity contribution in [3.8, 4) is 16.9 Å². The summed E-state index contributed by atoms with van der Waals surface area (Å²) in [6.45, 7) is 0.449. The smallest absolute Gasteiger partial charge is 0.306 e. The van der Waals surface area contributed by atoms with E-state index in [0.29, 0.717) is 17.7 Å². The van der Waals surface area contributed by atoms with Crippen LogP contribution in [-0.4, -0.2) is 70.1 Å². The molecule has 2 aromatic rings. The molecule has 0 aromatic heterocycles. The Balaban J connectivity index is 1.64. The Morgan fingerprint density at radius 1 is 1.14 bits per heavy atom. The van der Waals surface area contributed by atoms with Gasteiger partial charge >= 0.3 is 5.97 Å². The van der Waals surface area contributed by atoms with Crippen molar-refractivity contribution in [3.05, 3.63) is 54.1 Å². The fourth-order valence-corrected chi connectivity index (χ4v) is 4.47. The van der Waals surface area contributed by atoms with Crippen molar-refractivity contribution in [2.45, 2.75) is 18.9 Å². The first-order valence-electron chi connectivity index (χ1n) is 11.1. The molecule has 2 aromatic carbocycles. The van der Waals surface area contributed by atoms with Crippen LogP contribution in [0.4, 0.5) is 0 Å². The number of nitrogen functional groups attached to an aromatic ring is 1. The lowest BCUT2D eigenvalue weighted by Crippen LogP contribution is -2.42. The molecule has 1 aliphatic heterocycles. The fraction of sp³-hybridized carbons (Fsp3) is 0.375. The number of nitrogens with zero attached hydrogens (tertiary/aromatic N) is 1. The molecule has 1 amide bonds. The summed E-state index contributed by atoms with van der Waals surface area (Å²) >= 11 is 0. The molecule has 0 unspecified atom stereocenters. The number of amides is 1. The molecule has 1 fully saturated rings. The van der Waals surface area contributed by atoms with E-state index in [1.165, 1.54) is 7.11 Å². The van der Waals surface area contributed by atoms with E-state index in [9.17, 15) is 18.0 Å². The van der Waals surface area contributed by atoms with Crippen LogP contribution in [0.25, 0.3) is 11.1 Å². The Morgan fingerprint density at radius 3 is 2.29 bits per heavy atom. The Morgan fingerprint density at radius 2 is 1.74 bits per heavy atom. The largest absolute Gasteiger partial charge is 0.491 e. The van der Waals surface area contributed by atoms with E-state index in [0.717, 1.165) is 17.4 Å². The van der Waals surface area contributed by atoms with Crippen molar-refractivity contribution < 1.29 is 27.5 Å². The fourth-order valence-electron chi connectivity index (χ4n) is 4.01. The highest BCUT2D eigenvalue weighted by molar-refractivity contribution is 7.88. The zero-order valence-corrected chi connectivity index (χ0v) is 20.5. The molecular weight excluding hydrogens is 472 g/mol. The highest BCUT2D eigenvalue weighted by atomic mass is 32.2. The second-order valence-corrected chi connectivity index (χ2v) is 10.2. The number of rotatable bonds is 11. The topological polar surface area (TPSA) is 152 Å². The molecule has 0 aliphatic carbocycles. The van der Waals surface area contributed by atoms with Gasteiger partial charge in [0.25, 0.3) is 0 Å². The number of carbonyl (C=O) groups excluding carboxylic acids is 2. The van der Waals surface area contributed by atoms with Crippen molar-refractivity contribution in [3.63, 3.8) is 0 Å². The molecule has 35 heavy (non-hydrogen) atoms. The third-order valence-corrected chi connectivity index (χ3v) is 6.54. The SMILES string of the molecule is COC(=O)C[C@@H]1C[C@@H](COc2ccc(-c3ccc(C(=N)N)cc3)cc2)N(CCNS(C)(=O)=O)C1=O. The molecule has 1 heterocycles. The van der Waals surface area contributed by atoms with Crippen molar-refractivity contribution in [2.75, 3.05) is 33.1 Å². The molecule has 10 nitrogen and oxygen atoms in total. The lowest BCUT2D eigenvalue weighted by atomic mass is 10.0. The predicted octanol–water partition coefficient (Wildman–Crippen LogP) is 1.35. The minimum absolute atomic E-state index is 0.0145. The first kappa shape index (κ1) is 26.2. The predicted molar refractivity (Wildman–Crippen MR) is 131 cm³/mol. The van der Waals surface area contributed by atoms with E-state index >= 15 is 0 Å². The molecule has 0 bridgehead atoms. The molecule has 4 N–H and O–H groups in total. The second-order valence-electron chi connectivity index (χ2n) is 8.39. The van der Waals surface area contributed by atoms with E-state index < -0.39 is 21.9 Å². The molecule has 2 atom stereocenters. The zero-order valence-electron chi connectivity index (χ0n) is 19.7. The van der Waals surface area contributed by atoms with Gasteiger partial charge in [-0.05, 0) is 29.7 Å². The number of carbonyl (C=O) groups is 2. The van der Waals surface area contributed by atoms with Crippen LogP contribution < -0.4 is 15.2 Å². The van der Waals surface area contributed by atoms with Gasteiger partial charge in [0.2, 0.25) is 15.9 Å². The van der Waals surface area contributed by atoms with Gasteiger partial charge in [0.15, 0.2) is 0 Å². The van der Waals surface area contributed by atoms with Gasteiger partial charge < -0.3 is 20.1 Å². The highest BCUT2D eigenvalue weighted by Crippen LogP contribution is 2.29. The van der Waals surface area contributed by atoms with Crippen molar-refractivity contribution >= 4 is 27.7 Å². The maximum absolute atomic E-state index is 12.9. The van der Waals surface area contributed by atoms with Gasteiger partial charge in [-0.3, -0.25) is 15.0 Å². The van der Waals surface area contributed by atoms with Gasteiger partial charge in [-0.25, -0.2) is 13.1 Å². The number of nitrogens with one attached hydrogen (secondary N) is 2. The van der Waals surface area contributed by atoms with Gasteiger partial charge in [-0.15, -0.1) is 0 Å². The number of sulfonamides is 1. The molecule has 11 heteroatoms. The minimum Gasteiger partial charge on any atom is -0.491 e. The van der Waals surface area contributed by atoms with E-state index in [2.05, 4.69) is 4.72 Å². The number of esters is 1. The molecule has 0 radical (unpaired) electrons. The summed E-state index contributed by atoms with van der Waals surface area (Å²) in [6.07, 6.45) is 1.44. The van der Waals surface area contributed by atoms with Crippen LogP contribution in [0.5, 0.6) is 5.75 Å². The number of methoxy groups -OCH3 is 1. The summed E-state index contributed by atoms with van der Waals surface area (Å²) in [6, 6.07) is 14.5. The maximum atomic E-state index is 12.9. The number of likely N-dealkylation sites (tertiary alicyclic amines) is 1. The average Bonchev–Trinajstić information content (AvgIpc) is 3.11. The monoisotopic (exact) mass is 502 g/mol. The second kappa shape index (κ2) is 11.3. The molecule has 3 rings (SSSR count). The third-order valence-electron chi connectivity index (χ3n) is 5.81. The normalized spacial score (nSPS) is 17.9. The van der Waals surface area contributed by atoms with Crippen LogP contribution in [0.3, 0.4) is 0 Å². The van der Waals surface area contributed by atoms with Crippen LogP contribution in [0.1, 0.15) is 18.4 Å². The first-order chi connectivity index (χ1) is 16.6. The molecule has 0 spiro atoms. The van der Waals surface area contributed by atoms with Crippen LogP contribution >= 0.6 is 0 Å². The number of hydrogen-bond acceptors (Lipinski definition) is 7. The Hall–Kier alpha value is -3.44. The van der Waals surface area contributed by atoms with E-state index in [1.807, 2.05) is 36.4 Å². The van der Waals surface area contributed by atoms with Crippen molar-refractivity contribution in [1.82, 2.24) is 9.62 Å². The van der Waals surface area contributed by atoms with Gasteiger partial charge in [0.05, 0.1) is 31.7 Å². The van der Waals surface area contributed by atoms with Gasteiger partial charge in [-0.1, -0.05) is 36.4 Å². The highest BCUT2D eigenvalue weighted by Gasteiger charge is 2.40. The summed E-state index contributed by atoms with van der Waals surface area (Å²) < 4.78 is 35.8. The van der Waals surface area contributed by atoms with E-state index in [4.69, 9.17) is 20.6 Å². The molecule has 1 aliphatic rings. The third kappa shape index (κ3) is 7.27. The Kier molecular flexibility index (Phi) is 8.47. The number of nitrogens with two attached hydrogens (primary N) is 1. The zero-order chi connectivity index (χ0) is 25.6. The lowest BCUT2D eigenvalue weighted by molar-refractivity contribution is -0.144. The Labute approximate surface area is 205 Å². The Bertz CT molecular complexity index is 1170. The number of amidine groups is 1. The molecule has 1 saturated heterocycles. The minimum atomic E-state index is -3.39. The van der Waals surface area contributed by atoms with Crippen LogP contribution in [-0.2, 0) is 24.3 Å². The van der Waals surface area contributed by atoms with Crippen LogP contribution in [0.15, 0.2) is 48.5 Å². The standard InChI is InChI=1S/C24H30N4O6S/c1-33-22(29)14-19-13-20(28(24(19)30)12-11-27-35(2,31)32)15-34-21-9-7-17(8-10-21)16-3-5-18(6-4-16)23(25)26/h3-10,19-20,27H,11-15H2,1-2H3,(H3,25,26)/t19-,20-/m0/s1. The van der Waals surface area contributed by atoms with Gasteiger partial charge in [0, 0.05) is 18.7 Å². The molecule has 0 saturated carbocycles. The quantitative estimate of drug-likeness (QED) is 0.238. The first-order valence-corrected chi connectivity index (χ1v) is 13.0. The van der Waals surface area contributed by atoms with Crippen LogP contribution in [0.2, 0.25) is 0 Å². The van der Waals surface area contributed by atoms with Crippen molar-refractivity contribution in [2.24, 2.45) is 11.7 Å². The number of ether oxygens (including phenoxy) is 2. The summed E-state index contributed by atoms with van der Waals surface area (Å²) in [5.74, 6) is -0.586. The maximum Gasteiger partial charge on any atom is 0.306 e. The molecular formula is C24H30N4O6S. The summed E-state index contributed by atoms with van der Waals surface area (Å²) in [5, 5.41) is 7.49.